The van der Waals surface area contributed by atoms with E-state index in [1.54, 1.807) is 13.2 Å². The number of rotatable bonds is 6. The first-order chi connectivity index (χ1) is 10.1. The second-order valence-corrected chi connectivity index (χ2v) is 5.43. The first-order valence-corrected chi connectivity index (χ1v) is 7.47. The number of esters is 1. The molecule has 1 heterocycles. The molecule has 112 valence electrons. The van der Waals surface area contributed by atoms with Crippen LogP contribution in [0.1, 0.15) is 35.1 Å². The van der Waals surface area contributed by atoms with E-state index in [2.05, 4.69) is 33.1 Å². The van der Waals surface area contributed by atoms with E-state index >= 15 is 0 Å². The molecule has 0 atom stereocenters. The molecule has 0 amide bonds. The number of nitrogens with one attached hydrogen (secondary N) is 1. The fourth-order valence-corrected chi connectivity index (χ4v) is 2.47. The maximum Gasteiger partial charge on any atom is 0.359 e. The second-order valence-electron chi connectivity index (χ2n) is 4.57. The van der Waals surface area contributed by atoms with Crippen LogP contribution in [0.4, 0.5) is 0 Å². The molecule has 0 saturated carbocycles. The molecular weight excluding hydrogens is 336 g/mol. The van der Waals surface area contributed by atoms with Crippen LogP contribution in [-0.2, 0) is 17.8 Å². The van der Waals surface area contributed by atoms with Gasteiger partial charge in [-0.15, -0.1) is 0 Å². The van der Waals surface area contributed by atoms with Gasteiger partial charge in [-0.05, 0) is 46.1 Å². The van der Waals surface area contributed by atoms with E-state index in [-0.39, 0.29) is 6.61 Å². The van der Waals surface area contributed by atoms with Crippen molar-refractivity contribution in [1.82, 2.24) is 10.2 Å². The third kappa shape index (κ3) is 4.07. The van der Waals surface area contributed by atoms with Gasteiger partial charge in [0.25, 0.3) is 0 Å². The van der Waals surface area contributed by atoms with E-state index in [9.17, 15) is 4.79 Å². The summed E-state index contributed by atoms with van der Waals surface area (Å²) < 4.78 is 11.2. The quantitative estimate of drug-likeness (QED) is 0.808. The molecule has 21 heavy (non-hydrogen) atoms. The Balaban J connectivity index is 1.95. The molecular formula is C15H17BrN2O3. The molecule has 0 aliphatic rings. The zero-order valence-corrected chi connectivity index (χ0v) is 13.6. The molecule has 0 radical (unpaired) electrons. The molecule has 0 spiro atoms. The van der Waals surface area contributed by atoms with E-state index in [0.717, 1.165) is 34.3 Å². The predicted molar refractivity (Wildman–Crippen MR) is 82.4 cm³/mol. The van der Waals surface area contributed by atoms with Gasteiger partial charge in [0.15, 0.2) is 5.69 Å². The lowest BCUT2D eigenvalue weighted by molar-refractivity contribution is 0.0465. The number of benzene rings is 1. The highest BCUT2D eigenvalue weighted by Crippen LogP contribution is 2.25. The average Bonchev–Trinajstić information content (AvgIpc) is 2.94. The monoisotopic (exact) mass is 352 g/mol. The molecule has 0 unspecified atom stereocenters. The van der Waals surface area contributed by atoms with Gasteiger partial charge in [-0.3, -0.25) is 5.10 Å². The summed E-state index contributed by atoms with van der Waals surface area (Å²) in [5, 5.41) is 6.80. The Bertz CT molecular complexity index is 625. The summed E-state index contributed by atoms with van der Waals surface area (Å²) in [6.45, 7) is 2.26. The SMILES string of the molecule is CCCc1cc(C(=O)OCc2ccc(OC)c(Br)c2)n[nH]1. The van der Waals surface area contributed by atoms with Crippen molar-refractivity contribution in [3.8, 4) is 5.75 Å². The molecule has 5 nitrogen and oxygen atoms in total. The van der Waals surface area contributed by atoms with Crippen LogP contribution in [0, 0.1) is 0 Å². The fourth-order valence-electron chi connectivity index (χ4n) is 1.89. The molecule has 0 aliphatic heterocycles. The number of halogens is 1. The number of hydrogen-bond donors (Lipinski definition) is 1. The van der Waals surface area contributed by atoms with Crippen molar-refractivity contribution in [2.24, 2.45) is 0 Å². The second kappa shape index (κ2) is 7.26. The van der Waals surface area contributed by atoms with Gasteiger partial charge in [-0.2, -0.15) is 5.10 Å². The van der Waals surface area contributed by atoms with Crippen molar-refractivity contribution in [2.75, 3.05) is 7.11 Å². The van der Waals surface area contributed by atoms with Gasteiger partial charge in [0.2, 0.25) is 0 Å². The van der Waals surface area contributed by atoms with Gasteiger partial charge in [0.05, 0.1) is 11.6 Å². The molecule has 0 fully saturated rings. The van der Waals surface area contributed by atoms with Gasteiger partial charge in [-0.25, -0.2) is 4.79 Å². The van der Waals surface area contributed by atoms with Crippen LogP contribution in [0.2, 0.25) is 0 Å². The van der Waals surface area contributed by atoms with Crippen molar-refractivity contribution in [1.29, 1.82) is 0 Å². The smallest absolute Gasteiger partial charge is 0.359 e. The van der Waals surface area contributed by atoms with E-state index in [1.165, 1.54) is 0 Å². The maximum atomic E-state index is 11.9. The van der Waals surface area contributed by atoms with Gasteiger partial charge in [-0.1, -0.05) is 19.4 Å². The number of hydrogen-bond acceptors (Lipinski definition) is 4. The Kier molecular flexibility index (Phi) is 5.38. The van der Waals surface area contributed by atoms with E-state index < -0.39 is 5.97 Å². The lowest BCUT2D eigenvalue weighted by Gasteiger charge is -2.06. The summed E-state index contributed by atoms with van der Waals surface area (Å²) in [5.74, 6) is 0.308. The minimum absolute atomic E-state index is 0.192. The number of carbonyl (C=O) groups is 1. The van der Waals surface area contributed by atoms with Crippen molar-refractivity contribution in [2.45, 2.75) is 26.4 Å². The lowest BCUT2D eigenvalue weighted by atomic mass is 10.2. The lowest BCUT2D eigenvalue weighted by Crippen LogP contribution is -2.05. The van der Waals surface area contributed by atoms with Gasteiger partial charge < -0.3 is 9.47 Å². The summed E-state index contributed by atoms with van der Waals surface area (Å²) >= 11 is 3.40. The zero-order valence-electron chi connectivity index (χ0n) is 12.0. The molecule has 0 bridgehead atoms. The normalized spacial score (nSPS) is 10.4. The zero-order chi connectivity index (χ0) is 15.2. The highest BCUT2D eigenvalue weighted by molar-refractivity contribution is 9.10. The average molecular weight is 353 g/mol. The Hall–Kier alpha value is -1.82. The van der Waals surface area contributed by atoms with Crippen LogP contribution < -0.4 is 4.74 Å². The Morgan fingerprint density at radius 3 is 2.86 bits per heavy atom. The van der Waals surface area contributed by atoms with E-state index in [0.29, 0.717) is 5.69 Å². The Morgan fingerprint density at radius 2 is 2.19 bits per heavy atom. The molecule has 0 saturated heterocycles. The van der Waals surface area contributed by atoms with Crippen LogP contribution in [0.5, 0.6) is 5.75 Å². The molecule has 1 aromatic heterocycles. The van der Waals surface area contributed by atoms with Crippen molar-refractivity contribution in [3.05, 3.63) is 45.7 Å². The summed E-state index contributed by atoms with van der Waals surface area (Å²) in [6.07, 6.45) is 1.86. The number of aromatic nitrogens is 2. The number of H-pyrrole nitrogens is 1. The summed E-state index contributed by atoms with van der Waals surface area (Å²) in [6, 6.07) is 7.26. The van der Waals surface area contributed by atoms with E-state index in [4.69, 9.17) is 9.47 Å². The molecule has 0 aliphatic carbocycles. The first kappa shape index (κ1) is 15.6. The number of carbonyl (C=O) groups excluding carboxylic acids is 1. The largest absolute Gasteiger partial charge is 0.496 e. The molecule has 6 heteroatoms. The highest BCUT2D eigenvalue weighted by atomic mass is 79.9. The van der Waals surface area contributed by atoms with Crippen molar-refractivity contribution in [3.63, 3.8) is 0 Å². The Labute approximate surface area is 131 Å². The standard InChI is InChI=1S/C15H17BrN2O3/c1-3-4-11-8-13(18-17-11)15(19)21-9-10-5-6-14(20-2)12(16)7-10/h5-8H,3-4,9H2,1-2H3,(H,17,18). The molecule has 1 N–H and O–H groups in total. The third-order valence-electron chi connectivity index (χ3n) is 2.95. The van der Waals surface area contributed by atoms with Crippen LogP contribution in [-0.4, -0.2) is 23.3 Å². The Morgan fingerprint density at radius 1 is 1.38 bits per heavy atom. The predicted octanol–water partition coefficient (Wildman–Crippen LogP) is 3.49. The minimum atomic E-state index is -0.430. The molecule has 1 aromatic carbocycles. The summed E-state index contributed by atoms with van der Waals surface area (Å²) in [4.78, 5) is 11.9. The highest BCUT2D eigenvalue weighted by Gasteiger charge is 2.12. The first-order valence-electron chi connectivity index (χ1n) is 6.68. The van der Waals surface area contributed by atoms with E-state index in [1.807, 2.05) is 18.2 Å². The number of methoxy groups -OCH3 is 1. The van der Waals surface area contributed by atoms with Gasteiger partial charge in [0.1, 0.15) is 12.4 Å². The number of aromatic amines is 1. The van der Waals surface area contributed by atoms with Crippen LogP contribution >= 0.6 is 15.9 Å². The number of ether oxygens (including phenoxy) is 2. The third-order valence-corrected chi connectivity index (χ3v) is 3.57. The number of nitrogens with zero attached hydrogens (tertiary/aromatic N) is 1. The van der Waals surface area contributed by atoms with Crippen molar-refractivity contribution < 1.29 is 14.3 Å². The van der Waals surface area contributed by atoms with Crippen LogP contribution in [0.3, 0.4) is 0 Å². The summed E-state index contributed by atoms with van der Waals surface area (Å²) in [7, 11) is 1.60. The topological polar surface area (TPSA) is 64.2 Å². The fraction of sp³-hybridized carbons (Fsp3) is 0.333. The summed E-state index contributed by atoms with van der Waals surface area (Å²) in [5.41, 5.74) is 2.13. The number of aryl methyl sites for hydroxylation is 1. The van der Waals surface area contributed by atoms with Crippen LogP contribution in [0.25, 0.3) is 0 Å². The van der Waals surface area contributed by atoms with Crippen molar-refractivity contribution >= 4 is 21.9 Å². The van der Waals surface area contributed by atoms with Gasteiger partial charge >= 0.3 is 5.97 Å². The maximum absolute atomic E-state index is 11.9. The molecule has 2 aromatic rings. The van der Waals surface area contributed by atoms with Gasteiger partial charge in [0, 0.05) is 5.69 Å². The minimum Gasteiger partial charge on any atom is -0.496 e. The van der Waals surface area contributed by atoms with Crippen LogP contribution in [0.15, 0.2) is 28.7 Å². The molecule has 2 rings (SSSR count).